The molecule has 6 heteroatoms. The number of ether oxygens (including phenoxy) is 1. The summed E-state index contributed by atoms with van der Waals surface area (Å²) in [6.45, 7) is 1.67. The summed E-state index contributed by atoms with van der Waals surface area (Å²) in [6, 6.07) is 0. The molecule has 0 unspecified atom stereocenters. The van der Waals surface area contributed by atoms with Gasteiger partial charge in [0.15, 0.2) is 0 Å². The van der Waals surface area contributed by atoms with Gasteiger partial charge in [-0.1, -0.05) is 6.92 Å². The van der Waals surface area contributed by atoms with Crippen LogP contribution in [0.25, 0.3) is 0 Å². The van der Waals surface area contributed by atoms with Gasteiger partial charge >= 0.3 is 0 Å². The first kappa shape index (κ1) is 11.4. The van der Waals surface area contributed by atoms with E-state index in [2.05, 4.69) is 4.74 Å². The molecule has 0 bridgehead atoms. The largest absolute Gasteiger partial charge is 0.384 e. The van der Waals surface area contributed by atoms with Crippen LogP contribution in [-0.2, 0) is 19.6 Å². The number of methoxy groups -OCH3 is 1. The maximum absolute atomic E-state index is 10.9. The minimum Gasteiger partial charge on any atom is -0.384 e. The third-order valence-corrected chi connectivity index (χ3v) is 2.39. The van der Waals surface area contributed by atoms with Crippen molar-refractivity contribution in [2.24, 2.45) is 0 Å². The van der Waals surface area contributed by atoms with Gasteiger partial charge in [0.1, 0.15) is 0 Å². The second kappa shape index (κ2) is 5.10. The highest BCUT2D eigenvalue weighted by atomic mass is 32.2. The first-order valence-electron chi connectivity index (χ1n) is 3.54. The number of hydrogen-bond acceptors (Lipinski definition) is 4. The van der Waals surface area contributed by atoms with E-state index >= 15 is 0 Å². The van der Waals surface area contributed by atoms with Gasteiger partial charge in [-0.3, -0.25) is 9.52 Å². The lowest BCUT2D eigenvalue weighted by Gasteiger charge is -2.03. The summed E-state index contributed by atoms with van der Waals surface area (Å²) in [7, 11) is -2.08. The van der Waals surface area contributed by atoms with Gasteiger partial charge in [-0.15, -0.1) is 0 Å². The topological polar surface area (TPSA) is 72.5 Å². The first-order valence-corrected chi connectivity index (χ1v) is 5.19. The van der Waals surface area contributed by atoms with Gasteiger partial charge in [-0.25, -0.2) is 8.42 Å². The molecule has 0 atom stereocenters. The Bertz CT molecular complexity index is 234. The molecule has 1 amide bonds. The normalized spacial score (nSPS) is 11.2. The Morgan fingerprint density at radius 1 is 1.50 bits per heavy atom. The molecule has 0 aromatic carbocycles. The number of carbonyl (C=O) groups excluding carboxylic acids is 1. The van der Waals surface area contributed by atoms with Crippen molar-refractivity contribution in [2.45, 2.75) is 13.3 Å². The van der Waals surface area contributed by atoms with E-state index in [0.29, 0.717) is 0 Å². The highest BCUT2D eigenvalue weighted by Gasteiger charge is 2.11. The van der Waals surface area contributed by atoms with Gasteiger partial charge in [-0.05, 0) is 0 Å². The van der Waals surface area contributed by atoms with Crippen molar-refractivity contribution >= 4 is 15.9 Å². The molecule has 0 radical (unpaired) electrons. The Morgan fingerprint density at radius 2 is 2.08 bits per heavy atom. The number of rotatable bonds is 5. The standard InChI is InChI=1S/C6H13NO4S/c1-3-6(8)7-12(9,10)5-4-11-2/h3-5H2,1-2H3,(H,7,8). The third-order valence-electron chi connectivity index (χ3n) is 1.15. The quantitative estimate of drug-likeness (QED) is 0.641. The summed E-state index contributed by atoms with van der Waals surface area (Å²) < 4.78 is 28.4. The molecular weight excluding hydrogens is 182 g/mol. The summed E-state index contributed by atoms with van der Waals surface area (Å²) in [5, 5.41) is 0. The maximum atomic E-state index is 10.9. The lowest BCUT2D eigenvalue weighted by Crippen LogP contribution is -2.33. The van der Waals surface area contributed by atoms with Gasteiger partial charge in [0.25, 0.3) is 0 Å². The van der Waals surface area contributed by atoms with Gasteiger partial charge in [-0.2, -0.15) is 0 Å². The highest BCUT2D eigenvalue weighted by molar-refractivity contribution is 7.90. The average molecular weight is 195 g/mol. The van der Waals surface area contributed by atoms with E-state index < -0.39 is 15.9 Å². The fourth-order valence-corrected chi connectivity index (χ4v) is 1.47. The lowest BCUT2D eigenvalue weighted by molar-refractivity contribution is -0.119. The predicted molar refractivity (Wildman–Crippen MR) is 44.1 cm³/mol. The smallest absolute Gasteiger partial charge is 0.237 e. The maximum Gasteiger partial charge on any atom is 0.237 e. The molecule has 12 heavy (non-hydrogen) atoms. The fraction of sp³-hybridized carbons (Fsp3) is 0.833. The molecule has 0 aliphatic heterocycles. The predicted octanol–water partition coefficient (Wildman–Crippen LogP) is -0.511. The molecule has 0 aromatic rings. The van der Waals surface area contributed by atoms with Crippen molar-refractivity contribution in [1.82, 2.24) is 4.72 Å². The molecule has 0 saturated heterocycles. The Hall–Kier alpha value is -0.620. The van der Waals surface area contributed by atoms with Crippen LogP contribution in [0.3, 0.4) is 0 Å². The monoisotopic (exact) mass is 195 g/mol. The molecule has 0 fully saturated rings. The van der Waals surface area contributed by atoms with Gasteiger partial charge in [0.2, 0.25) is 15.9 Å². The summed E-state index contributed by atoms with van der Waals surface area (Å²) in [4.78, 5) is 10.7. The molecule has 0 heterocycles. The molecule has 0 aromatic heterocycles. The van der Waals surface area contributed by atoms with Crippen LogP contribution >= 0.6 is 0 Å². The van der Waals surface area contributed by atoms with Crippen LogP contribution in [-0.4, -0.2) is 33.8 Å². The zero-order valence-corrected chi connectivity index (χ0v) is 7.98. The number of sulfonamides is 1. The Balaban J connectivity index is 3.96. The summed E-state index contributed by atoms with van der Waals surface area (Å²) in [5.41, 5.74) is 0. The van der Waals surface area contributed by atoms with Gasteiger partial charge in [0, 0.05) is 13.5 Å². The second-order valence-electron chi connectivity index (χ2n) is 2.19. The van der Waals surface area contributed by atoms with E-state index in [0.717, 1.165) is 0 Å². The van der Waals surface area contributed by atoms with Crippen LogP contribution < -0.4 is 4.72 Å². The number of hydrogen-bond donors (Lipinski definition) is 1. The van der Waals surface area contributed by atoms with Crippen molar-refractivity contribution in [3.63, 3.8) is 0 Å². The number of carbonyl (C=O) groups is 1. The highest BCUT2D eigenvalue weighted by Crippen LogP contribution is 1.86. The van der Waals surface area contributed by atoms with Crippen molar-refractivity contribution in [3.05, 3.63) is 0 Å². The van der Waals surface area contributed by atoms with Crippen molar-refractivity contribution in [3.8, 4) is 0 Å². The Kier molecular flexibility index (Phi) is 4.84. The molecule has 0 saturated carbocycles. The van der Waals surface area contributed by atoms with E-state index in [1.54, 1.807) is 6.92 Å². The number of nitrogens with one attached hydrogen (secondary N) is 1. The van der Waals surface area contributed by atoms with E-state index in [1.807, 2.05) is 4.72 Å². The Morgan fingerprint density at radius 3 is 2.50 bits per heavy atom. The van der Waals surface area contributed by atoms with E-state index in [-0.39, 0.29) is 18.8 Å². The van der Waals surface area contributed by atoms with Gasteiger partial charge < -0.3 is 4.74 Å². The van der Waals surface area contributed by atoms with Crippen LogP contribution in [0.2, 0.25) is 0 Å². The van der Waals surface area contributed by atoms with Crippen molar-refractivity contribution in [2.75, 3.05) is 19.5 Å². The minimum atomic E-state index is -3.48. The molecule has 0 aliphatic carbocycles. The van der Waals surface area contributed by atoms with Crippen LogP contribution in [0.4, 0.5) is 0 Å². The lowest BCUT2D eigenvalue weighted by atomic mass is 10.5. The van der Waals surface area contributed by atoms with Gasteiger partial charge in [0.05, 0.1) is 12.4 Å². The molecule has 1 N–H and O–H groups in total. The molecule has 0 rings (SSSR count). The zero-order chi connectivity index (χ0) is 9.61. The molecule has 72 valence electrons. The molecule has 0 spiro atoms. The summed E-state index contributed by atoms with van der Waals surface area (Å²) >= 11 is 0. The fourth-order valence-electron chi connectivity index (χ4n) is 0.490. The SMILES string of the molecule is CCC(=O)NS(=O)(=O)CCOC. The molecular formula is C6H13NO4S. The summed E-state index contributed by atoms with van der Waals surface area (Å²) in [5.74, 6) is -0.680. The van der Waals surface area contributed by atoms with Crippen LogP contribution in [0.5, 0.6) is 0 Å². The Labute approximate surface area is 72.1 Å². The van der Waals surface area contributed by atoms with Crippen molar-refractivity contribution in [1.29, 1.82) is 0 Å². The molecule has 5 nitrogen and oxygen atoms in total. The van der Waals surface area contributed by atoms with E-state index in [9.17, 15) is 13.2 Å². The van der Waals surface area contributed by atoms with E-state index in [4.69, 9.17) is 0 Å². The van der Waals surface area contributed by atoms with E-state index in [1.165, 1.54) is 7.11 Å². The second-order valence-corrected chi connectivity index (χ2v) is 4.03. The molecule has 0 aliphatic rings. The van der Waals surface area contributed by atoms with Crippen LogP contribution in [0.15, 0.2) is 0 Å². The first-order chi connectivity index (χ1) is 5.52. The summed E-state index contributed by atoms with van der Waals surface area (Å²) in [6.07, 6.45) is 0.159. The van der Waals surface area contributed by atoms with Crippen molar-refractivity contribution < 1.29 is 17.9 Å². The number of amides is 1. The average Bonchev–Trinajstić information content (AvgIpc) is 2.00. The zero-order valence-electron chi connectivity index (χ0n) is 7.16. The minimum absolute atomic E-state index is 0.0896. The van der Waals surface area contributed by atoms with Crippen LogP contribution in [0, 0.1) is 0 Å². The van der Waals surface area contributed by atoms with Crippen LogP contribution in [0.1, 0.15) is 13.3 Å². The third kappa shape index (κ3) is 5.09.